The van der Waals surface area contributed by atoms with E-state index < -0.39 is 29.7 Å². The Morgan fingerprint density at radius 3 is 2.22 bits per heavy atom. The standard InChI is InChI=1S/C44H47N9O6/c45-39(26-8-14-31(15-9-26)58-30-6-2-1-3-7-30)38-40(46)47-25-48-41(38)49-27-5-4-20-51(22-27)28-10-12-29(13-11-28)52-23-33(24-52)59-32-16-17-34-35(21-32)44(57)53(43(34)56)36-18-19-37(54)50-42(36)55/h1-3,6-9,14-17,21,25,27-29,33,36,45H,4-5,10-13,18-20,22-24H2,(H,50,54,55)(H3,46,47,48,49)/t27-,28?,29?,36?/m1/s1. The molecule has 1 unspecified atom stereocenters. The smallest absolute Gasteiger partial charge is 0.262 e. The van der Waals surface area contributed by atoms with Gasteiger partial charge in [-0.05, 0) is 106 Å². The summed E-state index contributed by atoms with van der Waals surface area (Å²) in [5.41, 5.74) is 8.28. The van der Waals surface area contributed by atoms with Crippen LogP contribution in [0.25, 0.3) is 0 Å². The molecule has 1 aliphatic carbocycles. The second kappa shape index (κ2) is 16.2. The number of carbonyl (C=O) groups excluding carboxylic acids is 4. The summed E-state index contributed by atoms with van der Waals surface area (Å²) < 4.78 is 12.2. The highest BCUT2D eigenvalue weighted by molar-refractivity contribution is 6.23. The number of imide groups is 2. The van der Waals surface area contributed by atoms with Crippen LogP contribution in [0.2, 0.25) is 0 Å². The highest BCUT2D eigenvalue weighted by Crippen LogP contribution is 2.35. The van der Waals surface area contributed by atoms with E-state index in [9.17, 15) is 19.2 Å². The summed E-state index contributed by atoms with van der Waals surface area (Å²) in [6.45, 7) is 3.53. The molecule has 2 atom stereocenters. The molecule has 4 amide bonds. The Bertz CT molecular complexity index is 2270. The molecule has 3 aromatic carbocycles. The van der Waals surface area contributed by atoms with Crippen LogP contribution in [-0.2, 0) is 9.59 Å². The van der Waals surface area contributed by atoms with Gasteiger partial charge in [0.15, 0.2) is 0 Å². The molecule has 0 bridgehead atoms. The van der Waals surface area contributed by atoms with E-state index in [-0.39, 0.29) is 47.6 Å². The van der Waals surface area contributed by atoms with Crippen LogP contribution in [0.15, 0.2) is 79.1 Å². The molecule has 3 saturated heterocycles. The largest absolute Gasteiger partial charge is 0.488 e. The first kappa shape index (κ1) is 38.3. The molecule has 0 radical (unpaired) electrons. The third-order valence-corrected chi connectivity index (χ3v) is 12.3. The van der Waals surface area contributed by atoms with Gasteiger partial charge in [-0.25, -0.2) is 9.97 Å². The highest BCUT2D eigenvalue weighted by Gasteiger charge is 2.45. The lowest BCUT2D eigenvalue weighted by atomic mass is 9.86. The lowest BCUT2D eigenvalue weighted by molar-refractivity contribution is -0.136. The summed E-state index contributed by atoms with van der Waals surface area (Å²) in [5.74, 6) is 0.691. The fourth-order valence-corrected chi connectivity index (χ4v) is 9.21. The quantitative estimate of drug-likeness (QED) is 0.122. The van der Waals surface area contributed by atoms with E-state index in [0.29, 0.717) is 40.5 Å². The normalized spacial score (nSPS) is 24.0. The van der Waals surface area contributed by atoms with Crippen LogP contribution in [-0.4, -0.2) is 110 Å². The number of para-hydroxylation sites is 1. The van der Waals surface area contributed by atoms with Crippen LogP contribution >= 0.6 is 0 Å². The Hall–Kier alpha value is -6.19. The van der Waals surface area contributed by atoms with Crippen molar-refractivity contribution in [1.82, 2.24) is 30.0 Å². The number of nitrogen functional groups attached to an aromatic ring is 1. The first-order chi connectivity index (χ1) is 28.7. The number of carbonyl (C=O) groups is 4. The average molecular weight is 798 g/mol. The van der Waals surface area contributed by atoms with E-state index in [1.54, 1.807) is 18.2 Å². The number of nitrogens with two attached hydrogens (primary N) is 1. The van der Waals surface area contributed by atoms with Gasteiger partial charge in [0.05, 0.1) is 22.4 Å². The van der Waals surface area contributed by atoms with Crippen molar-refractivity contribution in [3.05, 3.63) is 101 Å². The van der Waals surface area contributed by atoms with E-state index in [1.807, 2.05) is 54.6 Å². The Balaban J connectivity index is 0.751. The molecule has 304 valence electrons. The second-order valence-corrected chi connectivity index (χ2v) is 16.1. The molecule has 59 heavy (non-hydrogen) atoms. The van der Waals surface area contributed by atoms with Crippen molar-refractivity contribution >= 4 is 41.0 Å². The number of rotatable bonds is 11. The van der Waals surface area contributed by atoms with Gasteiger partial charge in [0.1, 0.15) is 47.4 Å². The van der Waals surface area contributed by atoms with Crippen molar-refractivity contribution in [3.63, 3.8) is 0 Å². The van der Waals surface area contributed by atoms with Gasteiger partial charge in [-0.2, -0.15) is 0 Å². The molecule has 5 N–H and O–H groups in total. The maximum absolute atomic E-state index is 13.3. The summed E-state index contributed by atoms with van der Waals surface area (Å²) in [6.07, 6.45) is 8.13. The zero-order valence-corrected chi connectivity index (χ0v) is 32.6. The van der Waals surface area contributed by atoms with Gasteiger partial charge in [0.2, 0.25) is 11.8 Å². The molecule has 9 rings (SSSR count). The third kappa shape index (κ3) is 7.87. The van der Waals surface area contributed by atoms with Gasteiger partial charge in [-0.1, -0.05) is 18.2 Å². The van der Waals surface area contributed by atoms with Crippen molar-refractivity contribution in [3.8, 4) is 17.2 Å². The summed E-state index contributed by atoms with van der Waals surface area (Å²) in [4.78, 5) is 65.2. The Morgan fingerprint density at radius 1 is 0.780 bits per heavy atom. The molecule has 15 nitrogen and oxygen atoms in total. The number of aromatic nitrogens is 2. The maximum atomic E-state index is 13.3. The number of benzene rings is 3. The minimum atomic E-state index is -0.996. The Kier molecular flexibility index (Phi) is 10.5. The molecule has 5 aliphatic rings. The first-order valence-electron chi connectivity index (χ1n) is 20.5. The predicted octanol–water partition coefficient (Wildman–Crippen LogP) is 4.62. The van der Waals surface area contributed by atoms with Crippen molar-refractivity contribution in [2.45, 2.75) is 81.6 Å². The van der Waals surface area contributed by atoms with E-state index in [1.165, 1.54) is 6.33 Å². The number of hydrogen-bond acceptors (Lipinski definition) is 13. The van der Waals surface area contributed by atoms with E-state index in [4.69, 9.17) is 20.6 Å². The molecule has 4 aliphatic heterocycles. The number of fused-ring (bicyclic) bond motifs is 1. The number of nitrogens with zero attached hydrogens (tertiary/aromatic N) is 5. The number of likely N-dealkylation sites (tertiary alicyclic amines) is 2. The zero-order chi connectivity index (χ0) is 40.6. The van der Waals surface area contributed by atoms with Gasteiger partial charge in [0, 0.05) is 49.7 Å². The van der Waals surface area contributed by atoms with Crippen LogP contribution < -0.4 is 25.8 Å². The van der Waals surface area contributed by atoms with Gasteiger partial charge in [0.25, 0.3) is 11.8 Å². The number of ether oxygens (including phenoxy) is 2. The Labute approximate surface area is 341 Å². The molecular formula is C44H47N9O6. The molecule has 5 heterocycles. The molecule has 4 fully saturated rings. The molecule has 1 saturated carbocycles. The average Bonchev–Trinajstić information content (AvgIpc) is 3.47. The number of anilines is 2. The van der Waals surface area contributed by atoms with Crippen LogP contribution in [0, 0.1) is 5.41 Å². The minimum Gasteiger partial charge on any atom is -0.488 e. The lowest BCUT2D eigenvalue weighted by Crippen LogP contribution is -2.59. The van der Waals surface area contributed by atoms with Crippen molar-refractivity contribution < 1.29 is 28.7 Å². The van der Waals surface area contributed by atoms with Gasteiger partial charge >= 0.3 is 0 Å². The molecule has 15 heteroatoms. The molecule has 1 aromatic heterocycles. The summed E-state index contributed by atoms with van der Waals surface area (Å²) in [7, 11) is 0. The van der Waals surface area contributed by atoms with Gasteiger partial charge < -0.3 is 20.5 Å². The first-order valence-corrected chi connectivity index (χ1v) is 20.5. The van der Waals surface area contributed by atoms with Crippen LogP contribution in [0.3, 0.4) is 0 Å². The van der Waals surface area contributed by atoms with Gasteiger partial charge in [-0.3, -0.25) is 44.6 Å². The van der Waals surface area contributed by atoms with E-state index in [2.05, 4.69) is 30.4 Å². The van der Waals surface area contributed by atoms with Crippen LogP contribution in [0.5, 0.6) is 17.2 Å². The highest BCUT2D eigenvalue weighted by atomic mass is 16.5. The minimum absolute atomic E-state index is 0.0200. The monoisotopic (exact) mass is 797 g/mol. The SMILES string of the molecule is N=C(c1ccc(Oc2ccccc2)cc1)c1c(N)ncnc1N[C@@H]1CCCN(C2CCC(N3CC(Oc4ccc5c(c4)C(=O)N(C4CCC(=O)NC4=O)C5=O)C3)CC2)C1. The number of hydrogen-bond donors (Lipinski definition) is 4. The van der Waals surface area contributed by atoms with Crippen molar-refractivity contribution in [1.29, 1.82) is 5.41 Å². The number of amides is 4. The zero-order valence-electron chi connectivity index (χ0n) is 32.6. The van der Waals surface area contributed by atoms with Gasteiger partial charge in [-0.15, -0.1) is 0 Å². The molecule has 0 spiro atoms. The Morgan fingerprint density at radius 2 is 1.47 bits per heavy atom. The van der Waals surface area contributed by atoms with Crippen molar-refractivity contribution in [2.75, 3.05) is 37.2 Å². The predicted molar refractivity (Wildman–Crippen MR) is 219 cm³/mol. The third-order valence-electron chi connectivity index (χ3n) is 12.3. The summed E-state index contributed by atoms with van der Waals surface area (Å²) >= 11 is 0. The second-order valence-electron chi connectivity index (χ2n) is 16.1. The number of nitrogens with one attached hydrogen (secondary N) is 3. The number of piperidine rings is 2. The fraction of sp³-hybridized carbons (Fsp3) is 0.386. The van der Waals surface area contributed by atoms with E-state index >= 15 is 0 Å². The summed E-state index contributed by atoms with van der Waals surface area (Å²) in [5, 5.41) is 15.0. The van der Waals surface area contributed by atoms with E-state index in [0.717, 1.165) is 75.4 Å². The topological polar surface area (TPSA) is 196 Å². The van der Waals surface area contributed by atoms with Crippen molar-refractivity contribution in [2.24, 2.45) is 0 Å². The lowest BCUT2D eigenvalue weighted by Gasteiger charge is -2.48. The fourth-order valence-electron chi connectivity index (χ4n) is 9.21. The molecular weight excluding hydrogens is 751 g/mol. The summed E-state index contributed by atoms with van der Waals surface area (Å²) in [6, 6.07) is 22.0. The molecule has 4 aromatic rings. The van der Waals surface area contributed by atoms with Crippen LogP contribution in [0.1, 0.15) is 83.2 Å². The maximum Gasteiger partial charge on any atom is 0.262 e. The van der Waals surface area contributed by atoms with Crippen LogP contribution in [0.4, 0.5) is 11.6 Å².